The molecule has 0 saturated carbocycles. The van der Waals surface area contributed by atoms with E-state index in [1.165, 1.54) is 4.90 Å². The van der Waals surface area contributed by atoms with Crippen LogP contribution in [0, 0.1) is 11.8 Å². The Hall–Kier alpha value is -3.70. The van der Waals surface area contributed by atoms with Gasteiger partial charge in [0.05, 0.1) is 17.4 Å². The number of aromatic nitrogens is 3. The van der Waals surface area contributed by atoms with Gasteiger partial charge in [0.2, 0.25) is 6.41 Å². The molecular formula is C21H21N5O3. The van der Waals surface area contributed by atoms with E-state index in [0.717, 1.165) is 16.5 Å². The van der Waals surface area contributed by atoms with E-state index < -0.39 is 12.0 Å². The van der Waals surface area contributed by atoms with Crippen LogP contribution in [0.25, 0.3) is 22.2 Å². The number of aryl methyl sites for hydroxylation is 1. The number of amides is 2. The van der Waals surface area contributed by atoms with Crippen molar-refractivity contribution in [2.75, 3.05) is 13.6 Å². The van der Waals surface area contributed by atoms with Crippen molar-refractivity contribution in [2.45, 2.75) is 12.5 Å². The van der Waals surface area contributed by atoms with Crippen LogP contribution in [0.1, 0.15) is 22.5 Å². The number of nitrogens with zero attached hydrogens (tertiary/aromatic N) is 4. The average Bonchev–Trinajstić information content (AvgIpc) is 3.10. The first-order valence-corrected chi connectivity index (χ1v) is 8.97. The first kappa shape index (κ1) is 20.0. The molecule has 1 aromatic carbocycles. The highest BCUT2D eigenvalue weighted by Gasteiger charge is 2.14. The first-order chi connectivity index (χ1) is 13.9. The Morgan fingerprint density at radius 1 is 1.41 bits per heavy atom. The number of aliphatic hydroxyl groups is 1. The molecule has 1 atom stereocenters. The zero-order valence-corrected chi connectivity index (χ0v) is 16.2. The molecule has 8 nitrogen and oxygen atoms in total. The summed E-state index contributed by atoms with van der Waals surface area (Å²) in [6, 6.07) is 8.95. The van der Waals surface area contributed by atoms with Crippen molar-refractivity contribution in [3.8, 4) is 23.1 Å². The number of nitrogens with two attached hydrogens (primary N) is 1. The third-order valence-electron chi connectivity index (χ3n) is 4.45. The Labute approximate surface area is 167 Å². The molecule has 0 radical (unpaired) electrons. The van der Waals surface area contributed by atoms with E-state index in [9.17, 15) is 14.7 Å². The number of carbonyl (C=O) groups excluding carboxylic acids is 2. The van der Waals surface area contributed by atoms with Crippen molar-refractivity contribution in [1.29, 1.82) is 0 Å². The smallest absolute Gasteiger partial charge is 0.267 e. The maximum absolute atomic E-state index is 11.7. The Balaban J connectivity index is 1.94. The van der Waals surface area contributed by atoms with Gasteiger partial charge in [-0.2, -0.15) is 5.10 Å². The standard InChI is InChI=1S/C21H21N5O3/c1-25(13-27)9-8-16(28)7-6-14-4-3-5-15(10-14)20-17-12-23-26(2)19(17)11-18(24-20)21(22)29/h3-5,10-13,16,28H,8-9H2,1-2H3,(H2,22,29)/t16-/m0/s1. The summed E-state index contributed by atoms with van der Waals surface area (Å²) in [5.74, 6) is 5.10. The van der Waals surface area contributed by atoms with Crippen molar-refractivity contribution in [3.63, 3.8) is 0 Å². The summed E-state index contributed by atoms with van der Waals surface area (Å²) in [5.41, 5.74) is 8.37. The summed E-state index contributed by atoms with van der Waals surface area (Å²) >= 11 is 0. The number of rotatable bonds is 6. The second-order valence-corrected chi connectivity index (χ2v) is 6.66. The van der Waals surface area contributed by atoms with Gasteiger partial charge in [-0.05, 0) is 18.2 Å². The van der Waals surface area contributed by atoms with Crippen molar-refractivity contribution < 1.29 is 14.7 Å². The number of carbonyl (C=O) groups is 2. The van der Waals surface area contributed by atoms with Gasteiger partial charge in [-0.25, -0.2) is 4.98 Å². The maximum atomic E-state index is 11.7. The van der Waals surface area contributed by atoms with E-state index in [0.29, 0.717) is 30.6 Å². The lowest BCUT2D eigenvalue weighted by Crippen LogP contribution is -2.21. The molecule has 0 aliphatic carbocycles. The predicted octanol–water partition coefficient (Wildman–Crippen LogP) is 0.925. The minimum Gasteiger partial charge on any atom is -0.380 e. The predicted molar refractivity (Wildman–Crippen MR) is 109 cm³/mol. The van der Waals surface area contributed by atoms with Gasteiger partial charge < -0.3 is 15.7 Å². The van der Waals surface area contributed by atoms with Crippen LogP contribution in [-0.2, 0) is 11.8 Å². The molecule has 0 aliphatic rings. The molecule has 0 spiro atoms. The van der Waals surface area contributed by atoms with Crippen LogP contribution in [0.5, 0.6) is 0 Å². The summed E-state index contributed by atoms with van der Waals surface area (Å²) in [6.07, 6.45) is 1.91. The Morgan fingerprint density at radius 2 is 2.21 bits per heavy atom. The second kappa shape index (κ2) is 8.54. The van der Waals surface area contributed by atoms with Crippen molar-refractivity contribution in [2.24, 2.45) is 12.8 Å². The highest BCUT2D eigenvalue weighted by atomic mass is 16.3. The maximum Gasteiger partial charge on any atom is 0.267 e. The van der Waals surface area contributed by atoms with Crippen LogP contribution in [0.15, 0.2) is 36.5 Å². The highest BCUT2D eigenvalue weighted by molar-refractivity contribution is 5.99. The number of pyridine rings is 1. The van der Waals surface area contributed by atoms with E-state index in [1.807, 2.05) is 24.3 Å². The number of fused-ring (bicyclic) bond motifs is 1. The second-order valence-electron chi connectivity index (χ2n) is 6.66. The molecule has 0 unspecified atom stereocenters. The molecule has 3 aromatic rings. The third-order valence-corrected chi connectivity index (χ3v) is 4.45. The van der Waals surface area contributed by atoms with Gasteiger partial charge in [0.25, 0.3) is 5.91 Å². The fourth-order valence-corrected chi connectivity index (χ4v) is 2.85. The number of benzene rings is 1. The SMILES string of the molecule is CN(C=O)CC[C@@H](O)C#Cc1cccc(-c2nc(C(N)=O)cc3c2cnn3C)c1. The minimum absolute atomic E-state index is 0.155. The summed E-state index contributed by atoms with van der Waals surface area (Å²) in [6.45, 7) is 0.419. The number of hydrogen-bond donors (Lipinski definition) is 2. The topological polar surface area (TPSA) is 114 Å². The molecule has 0 aliphatic heterocycles. The molecule has 2 aromatic heterocycles. The lowest BCUT2D eigenvalue weighted by atomic mass is 10.0. The summed E-state index contributed by atoms with van der Waals surface area (Å²) in [7, 11) is 3.42. The van der Waals surface area contributed by atoms with Crippen LogP contribution in [-0.4, -0.2) is 56.8 Å². The third kappa shape index (κ3) is 4.59. The Kier molecular flexibility index (Phi) is 5.90. The van der Waals surface area contributed by atoms with Crippen molar-refractivity contribution in [1.82, 2.24) is 19.7 Å². The molecular weight excluding hydrogens is 370 g/mol. The summed E-state index contributed by atoms with van der Waals surface area (Å²) in [5, 5.41) is 15.0. The Morgan fingerprint density at radius 3 is 2.93 bits per heavy atom. The monoisotopic (exact) mass is 391 g/mol. The van der Waals surface area contributed by atoms with Crippen LogP contribution < -0.4 is 5.73 Å². The lowest BCUT2D eigenvalue weighted by Gasteiger charge is -2.10. The average molecular weight is 391 g/mol. The van der Waals surface area contributed by atoms with Crippen LogP contribution in [0.2, 0.25) is 0 Å². The first-order valence-electron chi connectivity index (χ1n) is 8.97. The minimum atomic E-state index is -0.845. The van der Waals surface area contributed by atoms with E-state index in [1.54, 1.807) is 31.0 Å². The fraction of sp³-hybridized carbons (Fsp3) is 0.238. The van der Waals surface area contributed by atoms with Gasteiger partial charge in [0.1, 0.15) is 11.8 Å². The molecule has 3 rings (SSSR count). The molecule has 29 heavy (non-hydrogen) atoms. The van der Waals surface area contributed by atoms with Crippen LogP contribution in [0.3, 0.4) is 0 Å². The van der Waals surface area contributed by atoms with Gasteiger partial charge in [-0.3, -0.25) is 14.3 Å². The van der Waals surface area contributed by atoms with Crippen LogP contribution >= 0.6 is 0 Å². The van der Waals surface area contributed by atoms with Gasteiger partial charge in [0, 0.05) is 43.6 Å². The summed E-state index contributed by atoms with van der Waals surface area (Å²) in [4.78, 5) is 28.1. The summed E-state index contributed by atoms with van der Waals surface area (Å²) < 4.78 is 1.66. The van der Waals surface area contributed by atoms with E-state index in [4.69, 9.17) is 5.73 Å². The molecule has 0 bridgehead atoms. The van der Waals surface area contributed by atoms with Gasteiger partial charge in [0.15, 0.2) is 0 Å². The van der Waals surface area contributed by atoms with Crippen molar-refractivity contribution in [3.05, 3.63) is 47.8 Å². The van der Waals surface area contributed by atoms with E-state index in [-0.39, 0.29) is 5.69 Å². The molecule has 2 heterocycles. The largest absolute Gasteiger partial charge is 0.380 e. The Bertz CT molecular complexity index is 1130. The normalized spacial score (nSPS) is 11.6. The van der Waals surface area contributed by atoms with E-state index in [2.05, 4.69) is 21.9 Å². The molecule has 8 heteroatoms. The van der Waals surface area contributed by atoms with Gasteiger partial charge >= 0.3 is 0 Å². The number of hydrogen-bond acceptors (Lipinski definition) is 5. The molecule has 148 valence electrons. The lowest BCUT2D eigenvalue weighted by molar-refractivity contribution is -0.117. The van der Waals surface area contributed by atoms with E-state index >= 15 is 0 Å². The van der Waals surface area contributed by atoms with Crippen molar-refractivity contribution >= 4 is 23.2 Å². The number of primary amides is 1. The zero-order chi connectivity index (χ0) is 21.0. The molecule has 2 amide bonds. The van der Waals surface area contributed by atoms with Crippen LogP contribution in [0.4, 0.5) is 0 Å². The number of aliphatic hydroxyl groups excluding tert-OH is 1. The molecule has 3 N–H and O–H groups in total. The zero-order valence-electron chi connectivity index (χ0n) is 16.2. The van der Waals surface area contributed by atoms with Gasteiger partial charge in [-0.15, -0.1) is 0 Å². The highest BCUT2D eigenvalue weighted by Crippen LogP contribution is 2.27. The molecule has 0 fully saturated rings. The molecule has 0 saturated heterocycles. The quantitative estimate of drug-likeness (QED) is 0.479. The fourth-order valence-electron chi connectivity index (χ4n) is 2.85. The van der Waals surface area contributed by atoms with Gasteiger partial charge in [-0.1, -0.05) is 24.0 Å².